The number of nitrogens with zero attached hydrogens (tertiary/aromatic N) is 6. The summed E-state index contributed by atoms with van der Waals surface area (Å²) in [6.45, 7) is 8.27. The Balaban J connectivity index is 1.83. The number of aliphatic imine (C=N–C) groups is 1. The molecule has 1 unspecified atom stereocenters. The van der Waals surface area contributed by atoms with Crippen molar-refractivity contribution in [2.75, 3.05) is 0 Å². The molecule has 1 N–H and O–H groups in total. The number of aryl methyl sites for hydroxylation is 3. The number of hydrogen-bond donors (Lipinski definition) is 1. The fraction of sp³-hybridized carbons (Fsp3) is 0.321. The van der Waals surface area contributed by atoms with Crippen molar-refractivity contribution in [3.05, 3.63) is 81.9 Å². The molecule has 1 aromatic carbocycles. The number of hydrogen-bond acceptors (Lipinski definition) is 5. The summed E-state index contributed by atoms with van der Waals surface area (Å²) in [4.78, 5) is 14.0. The highest BCUT2D eigenvalue weighted by atomic mass is 35.5. The van der Waals surface area contributed by atoms with E-state index in [1.807, 2.05) is 56.0 Å². The smallest absolute Gasteiger partial charge is 0.182 e. The minimum Gasteiger partial charge on any atom is -0.280 e. The van der Waals surface area contributed by atoms with Crippen LogP contribution in [0, 0.1) is 25.3 Å². The highest BCUT2D eigenvalue weighted by Gasteiger charge is 2.22. The zero-order valence-corrected chi connectivity index (χ0v) is 22.0. The molecule has 0 radical (unpaired) electrons. The summed E-state index contributed by atoms with van der Waals surface area (Å²) in [6.07, 6.45) is 3.29. The van der Waals surface area contributed by atoms with Crippen LogP contribution in [-0.2, 0) is 13.5 Å². The summed E-state index contributed by atoms with van der Waals surface area (Å²) in [5.41, 5.74) is 6.63. The van der Waals surface area contributed by atoms with Crippen LogP contribution < -0.4 is 5.32 Å². The SMILES string of the molecule is Cc1cc(N=C(CC(Cc2ccccc2)c2cc(C(C)C)c3c(C)nn(C)c3n2)NC#N)cc(Cl)n1. The van der Waals surface area contributed by atoms with Crippen molar-refractivity contribution in [3.63, 3.8) is 0 Å². The Morgan fingerprint density at radius 2 is 1.89 bits per heavy atom. The largest absolute Gasteiger partial charge is 0.280 e. The van der Waals surface area contributed by atoms with Gasteiger partial charge in [0.15, 0.2) is 11.8 Å². The van der Waals surface area contributed by atoms with Crippen molar-refractivity contribution >= 4 is 34.2 Å². The summed E-state index contributed by atoms with van der Waals surface area (Å²) in [5.74, 6) is 0.832. The van der Waals surface area contributed by atoms with E-state index in [0.717, 1.165) is 34.5 Å². The molecule has 7 nitrogen and oxygen atoms in total. The second-order valence-electron chi connectivity index (χ2n) is 9.37. The summed E-state index contributed by atoms with van der Waals surface area (Å²) < 4.78 is 1.85. The van der Waals surface area contributed by atoms with Crippen LogP contribution >= 0.6 is 11.6 Å². The zero-order valence-electron chi connectivity index (χ0n) is 21.2. The first kappa shape index (κ1) is 25.3. The van der Waals surface area contributed by atoms with E-state index in [2.05, 4.69) is 47.4 Å². The number of fused-ring (bicyclic) bond motifs is 1. The van der Waals surface area contributed by atoms with Gasteiger partial charge in [0, 0.05) is 42.2 Å². The number of nitrogens with one attached hydrogen (secondary N) is 1. The lowest BCUT2D eigenvalue weighted by Crippen LogP contribution is -2.22. The first-order valence-corrected chi connectivity index (χ1v) is 12.4. The molecule has 0 bridgehead atoms. The molecule has 0 aliphatic rings. The maximum Gasteiger partial charge on any atom is 0.182 e. The van der Waals surface area contributed by atoms with Crippen LogP contribution in [0.3, 0.4) is 0 Å². The monoisotopic (exact) mass is 499 g/mol. The maximum absolute atomic E-state index is 9.49. The van der Waals surface area contributed by atoms with Crippen molar-refractivity contribution in [3.8, 4) is 6.19 Å². The number of nitriles is 1. The molecular formula is C28H30ClN7. The number of benzene rings is 1. The highest BCUT2D eigenvalue weighted by molar-refractivity contribution is 6.29. The van der Waals surface area contributed by atoms with Crippen molar-refractivity contribution in [2.45, 2.75) is 52.4 Å². The average Bonchev–Trinajstić information content (AvgIpc) is 3.11. The van der Waals surface area contributed by atoms with Gasteiger partial charge < -0.3 is 0 Å². The van der Waals surface area contributed by atoms with Gasteiger partial charge in [0.2, 0.25) is 0 Å². The van der Waals surface area contributed by atoms with Crippen LogP contribution in [0.1, 0.15) is 60.3 Å². The normalized spacial score (nSPS) is 12.7. The van der Waals surface area contributed by atoms with Crippen molar-refractivity contribution in [1.82, 2.24) is 25.1 Å². The van der Waals surface area contributed by atoms with Gasteiger partial charge in [0.25, 0.3) is 0 Å². The van der Waals surface area contributed by atoms with Gasteiger partial charge in [-0.3, -0.25) is 10.00 Å². The third kappa shape index (κ3) is 5.72. The molecule has 3 heterocycles. The first-order chi connectivity index (χ1) is 17.2. The average molecular weight is 500 g/mol. The van der Waals surface area contributed by atoms with E-state index in [1.165, 1.54) is 11.1 Å². The third-order valence-electron chi connectivity index (χ3n) is 6.20. The van der Waals surface area contributed by atoms with Crippen LogP contribution in [0.5, 0.6) is 0 Å². The van der Waals surface area contributed by atoms with Gasteiger partial charge in [-0.1, -0.05) is 55.8 Å². The van der Waals surface area contributed by atoms with Crippen LogP contribution in [0.4, 0.5) is 5.69 Å². The predicted molar refractivity (Wildman–Crippen MR) is 145 cm³/mol. The number of rotatable bonds is 7. The van der Waals surface area contributed by atoms with E-state index in [4.69, 9.17) is 21.6 Å². The molecule has 36 heavy (non-hydrogen) atoms. The molecule has 8 heteroatoms. The van der Waals surface area contributed by atoms with Crippen LogP contribution in [0.15, 0.2) is 53.5 Å². The lowest BCUT2D eigenvalue weighted by atomic mass is 9.89. The number of halogens is 1. The molecule has 0 saturated carbocycles. The van der Waals surface area contributed by atoms with E-state index in [-0.39, 0.29) is 5.92 Å². The molecule has 0 fully saturated rings. The highest BCUT2D eigenvalue weighted by Crippen LogP contribution is 2.33. The molecular weight excluding hydrogens is 470 g/mol. The van der Waals surface area contributed by atoms with Crippen LogP contribution in [0.2, 0.25) is 5.15 Å². The fourth-order valence-corrected chi connectivity index (χ4v) is 4.84. The molecule has 184 valence electrons. The Morgan fingerprint density at radius 1 is 1.14 bits per heavy atom. The lowest BCUT2D eigenvalue weighted by Gasteiger charge is -2.20. The molecule has 0 spiro atoms. The van der Waals surface area contributed by atoms with Gasteiger partial charge >= 0.3 is 0 Å². The Bertz CT molecular complexity index is 1430. The Kier molecular flexibility index (Phi) is 7.66. The van der Waals surface area contributed by atoms with Gasteiger partial charge in [0.05, 0.1) is 11.4 Å². The van der Waals surface area contributed by atoms with Gasteiger partial charge in [-0.05, 0) is 49.4 Å². The molecule has 4 rings (SSSR count). The summed E-state index contributed by atoms with van der Waals surface area (Å²) in [6, 6.07) is 16.1. The molecule has 0 aliphatic carbocycles. The van der Waals surface area contributed by atoms with E-state index in [0.29, 0.717) is 29.0 Å². The molecule has 0 aliphatic heterocycles. The van der Waals surface area contributed by atoms with E-state index < -0.39 is 0 Å². The van der Waals surface area contributed by atoms with Crippen molar-refractivity contribution in [1.29, 1.82) is 5.26 Å². The second kappa shape index (κ2) is 10.9. The van der Waals surface area contributed by atoms with Crippen LogP contribution in [-0.4, -0.2) is 25.6 Å². The summed E-state index contributed by atoms with van der Waals surface area (Å²) >= 11 is 6.15. The van der Waals surface area contributed by atoms with Gasteiger partial charge in [-0.15, -0.1) is 0 Å². The van der Waals surface area contributed by atoms with Crippen molar-refractivity contribution < 1.29 is 0 Å². The van der Waals surface area contributed by atoms with E-state index >= 15 is 0 Å². The standard InChI is InChI=1S/C28H30ClN7/c1-17(2)23-15-24(34-28-27(23)19(4)35-36(28)5)21(12-20-9-7-6-8-10-20)13-26(31-16-30)33-22-11-18(3)32-25(29)14-22/h6-11,14-15,17,21H,12-13H2,1-5H3,(H,31,32,33). The van der Waals surface area contributed by atoms with Gasteiger partial charge in [-0.2, -0.15) is 10.4 Å². The molecule has 0 amide bonds. The quantitative estimate of drug-likeness (QED) is 0.106. The number of amidine groups is 1. The molecule has 1 atom stereocenters. The predicted octanol–water partition coefficient (Wildman–Crippen LogP) is 6.27. The zero-order chi connectivity index (χ0) is 25.8. The van der Waals surface area contributed by atoms with Gasteiger partial charge in [-0.25, -0.2) is 15.0 Å². The maximum atomic E-state index is 9.49. The minimum absolute atomic E-state index is 0.0255. The van der Waals surface area contributed by atoms with Gasteiger partial charge in [0.1, 0.15) is 11.0 Å². The third-order valence-corrected chi connectivity index (χ3v) is 6.39. The number of aromatic nitrogens is 4. The first-order valence-electron chi connectivity index (χ1n) is 12.0. The molecule has 4 aromatic rings. The topological polar surface area (TPSA) is 91.8 Å². The van der Waals surface area contributed by atoms with Crippen LogP contribution in [0.25, 0.3) is 11.0 Å². The number of pyridine rings is 2. The Labute approximate surface area is 216 Å². The lowest BCUT2D eigenvalue weighted by molar-refractivity contribution is 0.677. The molecule has 0 saturated heterocycles. The van der Waals surface area contributed by atoms with E-state index in [1.54, 1.807) is 6.07 Å². The van der Waals surface area contributed by atoms with Crippen molar-refractivity contribution in [2.24, 2.45) is 12.0 Å². The minimum atomic E-state index is -0.0255. The summed E-state index contributed by atoms with van der Waals surface area (Å²) in [7, 11) is 1.93. The van der Waals surface area contributed by atoms with E-state index in [9.17, 15) is 5.26 Å². The second-order valence-corrected chi connectivity index (χ2v) is 9.76. The Morgan fingerprint density at radius 3 is 2.56 bits per heavy atom. The summed E-state index contributed by atoms with van der Waals surface area (Å²) in [5, 5.41) is 18.4. The molecule has 3 aromatic heterocycles. The Hall–Kier alpha value is -3.76. The fourth-order valence-electron chi connectivity index (χ4n) is 4.60.